The van der Waals surface area contributed by atoms with Crippen molar-refractivity contribution >= 4 is 17.3 Å². The van der Waals surface area contributed by atoms with Gasteiger partial charge in [-0.2, -0.15) is 0 Å². The van der Waals surface area contributed by atoms with E-state index in [9.17, 15) is 0 Å². The number of likely N-dealkylation sites (tertiary alicyclic amines) is 1. The first-order valence-corrected chi connectivity index (χ1v) is 7.15. The molecule has 0 aromatic heterocycles. The van der Waals surface area contributed by atoms with Gasteiger partial charge in [0, 0.05) is 26.2 Å². The highest BCUT2D eigenvalue weighted by atomic mass is 35.5. The van der Waals surface area contributed by atoms with Crippen molar-refractivity contribution in [3.63, 3.8) is 0 Å². The summed E-state index contributed by atoms with van der Waals surface area (Å²) in [6.07, 6.45) is 2.61. The molecule has 0 saturated carbocycles. The summed E-state index contributed by atoms with van der Waals surface area (Å²) in [5, 5.41) is 0.900. The van der Waals surface area contributed by atoms with Crippen LogP contribution >= 0.6 is 11.6 Å². The smallest absolute Gasteiger partial charge is 0.0642 e. The van der Waals surface area contributed by atoms with Crippen LogP contribution in [0.25, 0.3) is 0 Å². The number of piperidine rings is 1. The van der Waals surface area contributed by atoms with Crippen LogP contribution in [0.3, 0.4) is 0 Å². The number of hydrogen-bond acceptors (Lipinski definition) is 2. The Bertz CT molecular complexity index is 442. The molecule has 2 nitrogen and oxygen atoms in total. The van der Waals surface area contributed by atoms with Crippen LogP contribution in [0.2, 0.25) is 5.02 Å². The summed E-state index contributed by atoms with van der Waals surface area (Å²) in [7, 11) is 2.22. The predicted octanol–water partition coefficient (Wildman–Crippen LogP) is 3.18. The Balaban J connectivity index is 1.69. The summed E-state index contributed by atoms with van der Waals surface area (Å²) in [4.78, 5) is 4.87. The third-order valence-electron chi connectivity index (χ3n) is 4.48. The van der Waals surface area contributed by atoms with Crippen LogP contribution in [0, 0.1) is 12.3 Å². The Morgan fingerprint density at radius 3 is 2.39 bits per heavy atom. The highest BCUT2D eigenvalue weighted by molar-refractivity contribution is 6.33. The fourth-order valence-corrected chi connectivity index (χ4v) is 3.86. The van der Waals surface area contributed by atoms with Gasteiger partial charge in [-0.15, -0.1) is 0 Å². The normalized spacial score (nSPS) is 23.2. The van der Waals surface area contributed by atoms with Crippen LogP contribution in [0.1, 0.15) is 18.4 Å². The van der Waals surface area contributed by atoms with Crippen LogP contribution in [0.5, 0.6) is 0 Å². The van der Waals surface area contributed by atoms with Crippen molar-refractivity contribution < 1.29 is 0 Å². The molecular weight excluding hydrogens is 244 g/mol. The number of hydrogen-bond donors (Lipinski definition) is 0. The van der Waals surface area contributed by atoms with Crippen molar-refractivity contribution in [3.8, 4) is 0 Å². The van der Waals surface area contributed by atoms with Crippen molar-refractivity contribution in [2.45, 2.75) is 19.8 Å². The van der Waals surface area contributed by atoms with Crippen molar-refractivity contribution in [2.24, 2.45) is 5.41 Å². The Hall–Kier alpha value is -0.730. The first kappa shape index (κ1) is 12.3. The van der Waals surface area contributed by atoms with Gasteiger partial charge < -0.3 is 9.80 Å². The van der Waals surface area contributed by atoms with Gasteiger partial charge in [0.25, 0.3) is 0 Å². The number of benzene rings is 1. The van der Waals surface area contributed by atoms with Crippen LogP contribution in [0.15, 0.2) is 18.2 Å². The lowest BCUT2D eigenvalue weighted by Crippen LogP contribution is -2.58. The van der Waals surface area contributed by atoms with Gasteiger partial charge in [-0.05, 0) is 49.9 Å². The molecule has 0 N–H and O–H groups in total. The highest BCUT2D eigenvalue weighted by Crippen LogP contribution is 2.41. The van der Waals surface area contributed by atoms with Crippen molar-refractivity contribution in [3.05, 3.63) is 28.8 Å². The fourth-order valence-electron chi connectivity index (χ4n) is 3.51. The maximum absolute atomic E-state index is 6.36. The predicted molar refractivity (Wildman–Crippen MR) is 77.6 cm³/mol. The van der Waals surface area contributed by atoms with Gasteiger partial charge in [0.2, 0.25) is 0 Å². The second kappa shape index (κ2) is 4.43. The summed E-state index contributed by atoms with van der Waals surface area (Å²) in [6.45, 7) is 6.95. The lowest BCUT2D eigenvalue weighted by atomic mass is 9.72. The van der Waals surface area contributed by atoms with E-state index in [1.54, 1.807) is 0 Å². The zero-order valence-electron chi connectivity index (χ0n) is 11.2. The third kappa shape index (κ3) is 2.12. The van der Waals surface area contributed by atoms with Gasteiger partial charge >= 0.3 is 0 Å². The lowest BCUT2D eigenvalue weighted by Gasteiger charge is -2.53. The zero-order valence-corrected chi connectivity index (χ0v) is 12.0. The van der Waals surface area contributed by atoms with Gasteiger partial charge in [0.1, 0.15) is 0 Å². The maximum Gasteiger partial charge on any atom is 0.0642 e. The molecule has 0 radical (unpaired) electrons. The average molecular weight is 265 g/mol. The summed E-state index contributed by atoms with van der Waals surface area (Å²) < 4.78 is 0. The molecule has 0 atom stereocenters. The summed E-state index contributed by atoms with van der Waals surface area (Å²) in [5.74, 6) is 0. The quantitative estimate of drug-likeness (QED) is 0.769. The van der Waals surface area contributed by atoms with E-state index in [4.69, 9.17) is 11.6 Å². The van der Waals surface area contributed by atoms with Gasteiger partial charge in [0.15, 0.2) is 0 Å². The minimum atomic E-state index is 0.614. The molecule has 3 heteroatoms. The molecule has 0 bridgehead atoms. The van der Waals surface area contributed by atoms with E-state index in [0.717, 1.165) is 18.1 Å². The van der Waals surface area contributed by atoms with Gasteiger partial charge in [-0.3, -0.25) is 0 Å². The first-order chi connectivity index (χ1) is 8.58. The SMILES string of the molecule is Cc1ccc(N2CCC3(CC2)CN(C)C3)c(Cl)c1. The van der Waals surface area contributed by atoms with E-state index in [0.29, 0.717) is 5.41 Å². The Morgan fingerprint density at radius 2 is 1.83 bits per heavy atom. The maximum atomic E-state index is 6.36. The highest BCUT2D eigenvalue weighted by Gasteiger charge is 2.43. The Kier molecular flexibility index (Phi) is 3.03. The minimum Gasteiger partial charge on any atom is -0.370 e. The molecule has 1 aromatic rings. The lowest BCUT2D eigenvalue weighted by molar-refractivity contribution is 0.00132. The minimum absolute atomic E-state index is 0.614. The molecule has 0 unspecified atom stereocenters. The number of aryl methyl sites for hydroxylation is 1. The molecule has 98 valence electrons. The Labute approximate surface area is 115 Å². The van der Waals surface area contributed by atoms with Crippen molar-refractivity contribution in [1.82, 2.24) is 4.90 Å². The summed E-state index contributed by atoms with van der Waals surface area (Å²) in [6, 6.07) is 6.39. The Morgan fingerprint density at radius 1 is 1.17 bits per heavy atom. The molecule has 2 saturated heterocycles. The van der Waals surface area contributed by atoms with E-state index in [1.807, 2.05) is 0 Å². The number of anilines is 1. The van der Waals surface area contributed by atoms with Gasteiger partial charge in [0.05, 0.1) is 10.7 Å². The molecule has 0 amide bonds. The first-order valence-electron chi connectivity index (χ1n) is 6.78. The third-order valence-corrected chi connectivity index (χ3v) is 4.78. The zero-order chi connectivity index (χ0) is 12.8. The van der Waals surface area contributed by atoms with Gasteiger partial charge in [-0.1, -0.05) is 17.7 Å². The second-order valence-electron chi connectivity index (χ2n) is 6.11. The molecular formula is C15H21ClN2. The average Bonchev–Trinajstić information content (AvgIpc) is 2.29. The monoisotopic (exact) mass is 264 g/mol. The van der Waals surface area contributed by atoms with Crippen molar-refractivity contribution in [2.75, 3.05) is 38.1 Å². The van der Waals surface area contributed by atoms with Crippen LogP contribution < -0.4 is 4.90 Å². The van der Waals surface area contributed by atoms with E-state index in [1.165, 1.54) is 37.2 Å². The second-order valence-corrected chi connectivity index (χ2v) is 6.52. The van der Waals surface area contributed by atoms with Crippen LogP contribution in [-0.4, -0.2) is 38.1 Å². The summed E-state index contributed by atoms with van der Waals surface area (Å²) >= 11 is 6.36. The molecule has 0 aliphatic carbocycles. The molecule has 18 heavy (non-hydrogen) atoms. The molecule has 1 spiro atoms. The fraction of sp³-hybridized carbons (Fsp3) is 0.600. The molecule has 3 rings (SSSR count). The molecule has 2 heterocycles. The van der Waals surface area contributed by atoms with E-state index >= 15 is 0 Å². The summed E-state index contributed by atoms with van der Waals surface area (Å²) in [5.41, 5.74) is 3.06. The van der Waals surface area contributed by atoms with Crippen molar-refractivity contribution in [1.29, 1.82) is 0 Å². The van der Waals surface area contributed by atoms with E-state index < -0.39 is 0 Å². The van der Waals surface area contributed by atoms with E-state index in [2.05, 4.69) is 42.0 Å². The number of nitrogens with zero attached hydrogens (tertiary/aromatic N) is 2. The van der Waals surface area contributed by atoms with Crippen LogP contribution in [-0.2, 0) is 0 Å². The standard InChI is InChI=1S/C15H21ClN2/c1-12-3-4-14(13(16)9-12)18-7-5-15(6-8-18)10-17(2)11-15/h3-4,9H,5-8,10-11H2,1-2H3. The number of halogens is 1. The number of rotatable bonds is 1. The topological polar surface area (TPSA) is 6.48 Å². The molecule has 1 aromatic carbocycles. The molecule has 2 fully saturated rings. The van der Waals surface area contributed by atoms with Crippen LogP contribution in [0.4, 0.5) is 5.69 Å². The molecule has 2 aliphatic rings. The van der Waals surface area contributed by atoms with Gasteiger partial charge in [-0.25, -0.2) is 0 Å². The largest absolute Gasteiger partial charge is 0.370 e. The van der Waals surface area contributed by atoms with E-state index in [-0.39, 0.29) is 0 Å². The molecule has 2 aliphatic heterocycles.